The molecule has 1 aromatic rings. The summed E-state index contributed by atoms with van der Waals surface area (Å²) in [5.41, 5.74) is 8.39. The number of rotatable bonds is 5. The molecule has 20 heavy (non-hydrogen) atoms. The minimum Gasteiger partial charge on any atom is -0.481 e. The minimum absolute atomic E-state index is 0.293. The van der Waals surface area contributed by atoms with E-state index in [-0.39, 0.29) is 6.04 Å². The number of fused-ring (bicyclic) bond motifs is 1. The van der Waals surface area contributed by atoms with E-state index in [1.54, 1.807) is 6.07 Å². The van der Waals surface area contributed by atoms with E-state index in [4.69, 9.17) is 10.8 Å². The van der Waals surface area contributed by atoms with E-state index in [1.165, 1.54) is 0 Å². The van der Waals surface area contributed by atoms with Gasteiger partial charge in [0.2, 0.25) is 10.0 Å². The van der Waals surface area contributed by atoms with Crippen molar-refractivity contribution in [3.8, 4) is 0 Å². The molecule has 4 N–H and O–H groups in total. The van der Waals surface area contributed by atoms with Gasteiger partial charge in [-0.25, -0.2) is 13.1 Å². The van der Waals surface area contributed by atoms with Crippen LogP contribution < -0.4 is 10.5 Å². The Balaban J connectivity index is 2.14. The first kappa shape index (κ1) is 14.8. The molecule has 1 aliphatic carbocycles. The van der Waals surface area contributed by atoms with Crippen LogP contribution in [0.5, 0.6) is 0 Å². The molecule has 0 aromatic heterocycles. The van der Waals surface area contributed by atoms with E-state index in [2.05, 4.69) is 4.72 Å². The predicted molar refractivity (Wildman–Crippen MR) is 75.7 cm³/mol. The van der Waals surface area contributed by atoms with Crippen LogP contribution in [-0.4, -0.2) is 25.2 Å². The monoisotopic (exact) mass is 298 g/mol. The van der Waals surface area contributed by atoms with E-state index in [1.807, 2.05) is 12.1 Å². The molecular formula is C13H18N2O4S. The number of carboxylic acids is 1. The van der Waals surface area contributed by atoms with Gasteiger partial charge in [-0.3, -0.25) is 4.79 Å². The number of nitrogen functional groups attached to an aromatic ring is 1. The number of nitrogens with two attached hydrogens (primary N) is 1. The third-order valence-corrected chi connectivity index (χ3v) is 4.77. The Morgan fingerprint density at radius 2 is 2.20 bits per heavy atom. The Kier molecular flexibility index (Phi) is 4.29. The zero-order chi connectivity index (χ0) is 14.8. The van der Waals surface area contributed by atoms with Crippen molar-refractivity contribution in [2.75, 3.05) is 11.5 Å². The van der Waals surface area contributed by atoms with Gasteiger partial charge in [0.15, 0.2) is 0 Å². The smallest absolute Gasteiger partial charge is 0.304 e. The molecular weight excluding hydrogens is 280 g/mol. The number of hydrogen-bond acceptors (Lipinski definition) is 4. The van der Waals surface area contributed by atoms with Gasteiger partial charge in [-0.15, -0.1) is 0 Å². The summed E-state index contributed by atoms with van der Waals surface area (Å²) in [6.45, 7) is 0. The molecule has 0 amide bonds. The van der Waals surface area contributed by atoms with Crippen LogP contribution in [0.15, 0.2) is 18.2 Å². The number of benzene rings is 1. The third-order valence-electron chi connectivity index (χ3n) is 3.39. The summed E-state index contributed by atoms with van der Waals surface area (Å²) in [5, 5.41) is 8.56. The van der Waals surface area contributed by atoms with Crippen LogP contribution in [0.25, 0.3) is 0 Å². The van der Waals surface area contributed by atoms with Crippen LogP contribution in [0.1, 0.15) is 36.4 Å². The van der Waals surface area contributed by atoms with E-state index in [0.29, 0.717) is 12.1 Å². The van der Waals surface area contributed by atoms with Gasteiger partial charge in [-0.1, -0.05) is 6.07 Å². The molecule has 0 saturated heterocycles. The molecule has 0 saturated carbocycles. The lowest BCUT2D eigenvalue weighted by molar-refractivity contribution is -0.136. The number of sulfonamides is 1. The van der Waals surface area contributed by atoms with Crippen molar-refractivity contribution in [2.45, 2.75) is 31.7 Å². The largest absolute Gasteiger partial charge is 0.481 e. The van der Waals surface area contributed by atoms with E-state index in [0.717, 1.165) is 24.0 Å². The SMILES string of the molecule is Nc1ccc2c(c1)CCCC2NS(=O)(=O)CCC(=O)O. The molecule has 0 radical (unpaired) electrons. The quantitative estimate of drug-likeness (QED) is 0.704. The van der Waals surface area contributed by atoms with Crippen LogP contribution >= 0.6 is 0 Å². The number of aliphatic carboxylic acids is 1. The number of carbonyl (C=O) groups is 1. The molecule has 0 heterocycles. The number of anilines is 1. The summed E-state index contributed by atoms with van der Waals surface area (Å²) in [6, 6.07) is 5.17. The molecule has 1 aromatic carbocycles. The molecule has 0 fully saturated rings. The van der Waals surface area contributed by atoms with Gasteiger partial charge in [0.25, 0.3) is 0 Å². The fourth-order valence-corrected chi connectivity index (χ4v) is 3.69. The van der Waals surface area contributed by atoms with Crippen molar-refractivity contribution in [2.24, 2.45) is 0 Å². The molecule has 7 heteroatoms. The lowest BCUT2D eigenvalue weighted by Crippen LogP contribution is -2.33. The average molecular weight is 298 g/mol. The van der Waals surface area contributed by atoms with Crippen LogP contribution in [-0.2, 0) is 21.2 Å². The summed E-state index contributed by atoms with van der Waals surface area (Å²) in [6.07, 6.45) is 2.08. The van der Waals surface area contributed by atoms with E-state index >= 15 is 0 Å². The zero-order valence-electron chi connectivity index (χ0n) is 11.0. The highest BCUT2D eigenvalue weighted by molar-refractivity contribution is 7.89. The molecule has 0 bridgehead atoms. The summed E-state index contributed by atoms with van der Waals surface area (Å²) in [7, 11) is -3.59. The van der Waals surface area contributed by atoms with Crippen molar-refractivity contribution >= 4 is 21.7 Å². The molecule has 6 nitrogen and oxygen atoms in total. The van der Waals surface area contributed by atoms with Crippen molar-refractivity contribution in [3.63, 3.8) is 0 Å². The van der Waals surface area contributed by atoms with Crippen molar-refractivity contribution in [3.05, 3.63) is 29.3 Å². The summed E-state index contributed by atoms with van der Waals surface area (Å²) in [4.78, 5) is 10.5. The van der Waals surface area contributed by atoms with Gasteiger partial charge < -0.3 is 10.8 Å². The fraction of sp³-hybridized carbons (Fsp3) is 0.462. The highest BCUT2D eigenvalue weighted by atomic mass is 32.2. The van der Waals surface area contributed by atoms with Gasteiger partial charge in [-0.2, -0.15) is 0 Å². The number of nitrogens with one attached hydrogen (secondary N) is 1. The average Bonchev–Trinajstić information content (AvgIpc) is 2.36. The Hall–Kier alpha value is -1.60. The molecule has 1 aliphatic rings. The normalized spacial score (nSPS) is 18.5. The van der Waals surface area contributed by atoms with Crippen molar-refractivity contribution in [1.29, 1.82) is 0 Å². The first-order valence-corrected chi connectivity index (χ1v) is 8.13. The van der Waals surface area contributed by atoms with Crippen molar-refractivity contribution in [1.82, 2.24) is 4.72 Å². The second-order valence-corrected chi connectivity index (χ2v) is 6.86. The summed E-state index contributed by atoms with van der Waals surface area (Å²) < 4.78 is 26.4. The first-order valence-electron chi connectivity index (χ1n) is 6.47. The van der Waals surface area contributed by atoms with Gasteiger partial charge >= 0.3 is 5.97 Å². The Bertz CT molecular complexity index is 613. The van der Waals surface area contributed by atoms with Gasteiger partial charge in [0, 0.05) is 11.7 Å². The Labute approximate surface area is 118 Å². The van der Waals surface area contributed by atoms with Gasteiger partial charge in [0.1, 0.15) is 0 Å². The summed E-state index contributed by atoms with van der Waals surface area (Å²) >= 11 is 0. The molecule has 0 spiro atoms. The maximum Gasteiger partial charge on any atom is 0.304 e. The van der Waals surface area contributed by atoms with Crippen LogP contribution in [0, 0.1) is 0 Å². The topological polar surface area (TPSA) is 109 Å². The predicted octanol–water partition coefficient (Wildman–Crippen LogP) is 1.04. The minimum atomic E-state index is -3.59. The maximum atomic E-state index is 11.9. The highest BCUT2D eigenvalue weighted by Gasteiger charge is 2.25. The van der Waals surface area contributed by atoms with Crippen LogP contribution in [0.3, 0.4) is 0 Å². The van der Waals surface area contributed by atoms with E-state index < -0.39 is 28.2 Å². The highest BCUT2D eigenvalue weighted by Crippen LogP contribution is 2.31. The first-order chi connectivity index (χ1) is 9.37. The maximum absolute atomic E-state index is 11.9. The Morgan fingerprint density at radius 1 is 1.45 bits per heavy atom. The molecule has 1 atom stereocenters. The molecule has 1 unspecified atom stereocenters. The van der Waals surface area contributed by atoms with Crippen LogP contribution in [0.2, 0.25) is 0 Å². The standard InChI is InChI=1S/C13H18N2O4S/c14-10-4-5-11-9(8-10)2-1-3-12(11)15-20(18,19)7-6-13(16)17/h4-5,8,12,15H,1-3,6-7,14H2,(H,16,17). The molecule has 0 aliphatic heterocycles. The summed E-state index contributed by atoms with van der Waals surface area (Å²) in [5.74, 6) is -1.52. The second kappa shape index (κ2) is 5.80. The van der Waals surface area contributed by atoms with Gasteiger partial charge in [0.05, 0.1) is 12.2 Å². The van der Waals surface area contributed by atoms with Crippen molar-refractivity contribution < 1.29 is 18.3 Å². The fourth-order valence-electron chi connectivity index (χ4n) is 2.45. The second-order valence-electron chi connectivity index (χ2n) is 4.98. The van der Waals surface area contributed by atoms with Gasteiger partial charge in [-0.05, 0) is 42.5 Å². The van der Waals surface area contributed by atoms with Crippen LogP contribution in [0.4, 0.5) is 5.69 Å². The third kappa shape index (κ3) is 3.71. The Morgan fingerprint density at radius 3 is 2.90 bits per heavy atom. The zero-order valence-corrected chi connectivity index (χ0v) is 11.8. The lowest BCUT2D eigenvalue weighted by atomic mass is 9.88. The number of aryl methyl sites for hydroxylation is 1. The number of carboxylic acid groups (broad SMARTS) is 1. The molecule has 110 valence electrons. The lowest BCUT2D eigenvalue weighted by Gasteiger charge is -2.26. The molecule has 2 rings (SSSR count). The number of hydrogen-bond donors (Lipinski definition) is 3. The van der Waals surface area contributed by atoms with E-state index in [9.17, 15) is 13.2 Å².